The van der Waals surface area contributed by atoms with Crippen LogP contribution in [-0.2, 0) is 11.2 Å². The second kappa shape index (κ2) is 10.3. The molecule has 4 rings (SSSR count). The Hall–Kier alpha value is -4.13. The Morgan fingerprint density at radius 1 is 0.969 bits per heavy atom. The van der Waals surface area contributed by atoms with Gasteiger partial charge < -0.3 is 19.3 Å². The summed E-state index contributed by atoms with van der Waals surface area (Å²) in [5, 5.41) is 6.93. The molecule has 4 aromatic rings. The third kappa shape index (κ3) is 5.31. The standard InChI is InChI=1S/C25H23N3O4/c1-30-20-13-11-19(12-14-20)24-27-25(32-28-24)21-9-5-6-10-22(21)31-17-23(29)26-16-15-18-7-3-2-4-8-18/h2-14H,15-17H2,1H3,(H,26,29). The van der Waals surface area contributed by atoms with Crippen molar-refractivity contribution in [1.29, 1.82) is 0 Å². The summed E-state index contributed by atoms with van der Waals surface area (Å²) in [6.07, 6.45) is 0.763. The lowest BCUT2D eigenvalue weighted by Gasteiger charge is -2.09. The lowest BCUT2D eigenvalue weighted by atomic mass is 10.1. The second-order valence-corrected chi connectivity index (χ2v) is 7.02. The second-order valence-electron chi connectivity index (χ2n) is 7.02. The number of hydrogen-bond donors (Lipinski definition) is 1. The largest absolute Gasteiger partial charge is 0.497 e. The predicted molar refractivity (Wildman–Crippen MR) is 120 cm³/mol. The quantitative estimate of drug-likeness (QED) is 0.430. The molecule has 1 amide bonds. The number of rotatable bonds is 9. The van der Waals surface area contributed by atoms with Crippen molar-refractivity contribution in [1.82, 2.24) is 15.5 Å². The number of aromatic nitrogens is 2. The molecule has 0 atom stereocenters. The van der Waals surface area contributed by atoms with Crippen LogP contribution in [0.15, 0.2) is 83.4 Å². The molecule has 7 nitrogen and oxygen atoms in total. The van der Waals surface area contributed by atoms with Gasteiger partial charge in [0.25, 0.3) is 11.8 Å². The third-order valence-corrected chi connectivity index (χ3v) is 4.83. The van der Waals surface area contributed by atoms with E-state index >= 15 is 0 Å². The Bertz CT molecular complexity index is 1160. The molecule has 1 aromatic heterocycles. The van der Waals surface area contributed by atoms with Crippen LogP contribution >= 0.6 is 0 Å². The molecule has 7 heteroatoms. The van der Waals surface area contributed by atoms with E-state index in [1.54, 1.807) is 13.2 Å². The zero-order valence-corrected chi connectivity index (χ0v) is 17.7. The van der Waals surface area contributed by atoms with Gasteiger partial charge in [-0.05, 0) is 48.4 Å². The van der Waals surface area contributed by atoms with Crippen molar-refractivity contribution in [2.45, 2.75) is 6.42 Å². The molecule has 0 aliphatic heterocycles. The number of methoxy groups -OCH3 is 1. The molecule has 3 aromatic carbocycles. The van der Waals surface area contributed by atoms with Crippen molar-refractivity contribution >= 4 is 5.91 Å². The van der Waals surface area contributed by atoms with E-state index in [9.17, 15) is 4.79 Å². The first kappa shape index (κ1) is 21.1. The first-order valence-corrected chi connectivity index (χ1v) is 10.2. The van der Waals surface area contributed by atoms with E-state index < -0.39 is 0 Å². The van der Waals surface area contributed by atoms with Gasteiger partial charge in [-0.15, -0.1) is 0 Å². The number of benzene rings is 3. The molecule has 0 radical (unpaired) electrons. The number of amides is 1. The van der Waals surface area contributed by atoms with Gasteiger partial charge in [0.05, 0.1) is 12.7 Å². The molecular weight excluding hydrogens is 406 g/mol. The molecule has 0 spiro atoms. The average Bonchev–Trinajstić information content (AvgIpc) is 3.34. The van der Waals surface area contributed by atoms with Crippen LogP contribution in [-0.4, -0.2) is 36.3 Å². The number of nitrogens with zero attached hydrogens (tertiary/aromatic N) is 2. The van der Waals surface area contributed by atoms with Gasteiger partial charge in [-0.25, -0.2) is 0 Å². The summed E-state index contributed by atoms with van der Waals surface area (Å²) in [4.78, 5) is 16.7. The highest BCUT2D eigenvalue weighted by Gasteiger charge is 2.15. The summed E-state index contributed by atoms with van der Waals surface area (Å²) in [6, 6.07) is 24.6. The van der Waals surface area contributed by atoms with Crippen LogP contribution in [0.25, 0.3) is 22.8 Å². The lowest BCUT2D eigenvalue weighted by molar-refractivity contribution is -0.123. The Morgan fingerprint density at radius 2 is 1.72 bits per heavy atom. The molecule has 0 bridgehead atoms. The maximum atomic E-state index is 12.2. The average molecular weight is 429 g/mol. The minimum atomic E-state index is -0.194. The van der Waals surface area contributed by atoms with E-state index in [1.165, 1.54) is 5.56 Å². The van der Waals surface area contributed by atoms with Crippen molar-refractivity contribution in [3.05, 3.63) is 84.4 Å². The van der Waals surface area contributed by atoms with Gasteiger partial charge in [0.15, 0.2) is 6.61 Å². The number of carbonyl (C=O) groups is 1. The van der Waals surface area contributed by atoms with Gasteiger partial charge in [-0.2, -0.15) is 4.98 Å². The number of carbonyl (C=O) groups excluding carboxylic acids is 1. The Balaban J connectivity index is 1.37. The highest BCUT2D eigenvalue weighted by Crippen LogP contribution is 2.30. The first-order valence-electron chi connectivity index (χ1n) is 10.2. The summed E-state index contributed by atoms with van der Waals surface area (Å²) >= 11 is 0. The zero-order valence-electron chi connectivity index (χ0n) is 17.7. The molecule has 1 heterocycles. The minimum Gasteiger partial charge on any atom is -0.497 e. The van der Waals surface area contributed by atoms with E-state index in [-0.39, 0.29) is 12.5 Å². The van der Waals surface area contributed by atoms with E-state index in [0.29, 0.717) is 29.6 Å². The fourth-order valence-corrected chi connectivity index (χ4v) is 3.14. The van der Waals surface area contributed by atoms with Gasteiger partial charge in [0.1, 0.15) is 11.5 Å². The summed E-state index contributed by atoms with van der Waals surface area (Å²) in [7, 11) is 1.61. The first-order chi connectivity index (χ1) is 15.7. The lowest BCUT2D eigenvalue weighted by Crippen LogP contribution is -2.30. The van der Waals surface area contributed by atoms with Gasteiger partial charge in [-0.1, -0.05) is 47.6 Å². The van der Waals surface area contributed by atoms with E-state index in [0.717, 1.165) is 17.7 Å². The maximum absolute atomic E-state index is 12.2. The zero-order chi connectivity index (χ0) is 22.2. The molecular formula is C25H23N3O4. The highest BCUT2D eigenvalue weighted by molar-refractivity contribution is 5.78. The van der Waals surface area contributed by atoms with Gasteiger partial charge in [-0.3, -0.25) is 4.79 Å². The highest BCUT2D eigenvalue weighted by atomic mass is 16.5. The molecule has 162 valence electrons. The SMILES string of the molecule is COc1ccc(-c2noc(-c3ccccc3OCC(=O)NCCc3ccccc3)n2)cc1. The van der Waals surface area contributed by atoms with Crippen molar-refractivity contribution in [2.75, 3.05) is 20.3 Å². The van der Waals surface area contributed by atoms with Gasteiger partial charge >= 0.3 is 0 Å². The summed E-state index contributed by atoms with van der Waals surface area (Å²) in [6.45, 7) is 0.439. The molecule has 0 aliphatic rings. The normalized spacial score (nSPS) is 10.5. The summed E-state index contributed by atoms with van der Waals surface area (Å²) in [5.74, 6) is 1.82. The fraction of sp³-hybridized carbons (Fsp3) is 0.160. The van der Waals surface area contributed by atoms with E-state index in [4.69, 9.17) is 14.0 Å². The fourth-order valence-electron chi connectivity index (χ4n) is 3.14. The molecule has 0 fully saturated rings. The third-order valence-electron chi connectivity index (χ3n) is 4.83. The van der Waals surface area contributed by atoms with Crippen LogP contribution in [0.2, 0.25) is 0 Å². The molecule has 0 saturated heterocycles. The summed E-state index contributed by atoms with van der Waals surface area (Å²) < 4.78 is 16.4. The van der Waals surface area contributed by atoms with Crippen molar-refractivity contribution < 1.29 is 18.8 Å². The smallest absolute Gasteiger partial charge is 0.262 e. The van der Waals surface area contributed by atoms with E-state index in [1.807, 2.05) is 72.8 Å². The van der Waals surface area contributed by atoms with Gasteiger partial charge in [0, 0.05) is 12.1 Å². The Labute approximate surface area is 186 Å². The number of hydrogen-bond acceptors (Lipinski definition) is 6. The topological polar surface area (TPSA) is 86.5 Å². The number of para-hydroxylation sites is 1. The molecule has 32 heavy (non-hydrogen) atoms. The van der Waals surface area contributed by atoms with Crippen LogP contribution in [0.5, 0.6) is 11.5 Å². The van der Waals surface area contributed by atoms with E-state index in [2.05, 4.69) is 15.5 Å². The van der Waals surface area contributed by atoms with Crippen molar-refractivity contribution in [2.24, 2.45) is 0 Å². The molecule has 0 unspecified atom stereocenters. The summed E-state index contributed by atoms with van der Waals surface area (Å²) in [5.41, 5.74) is 2.59. The Morgan fingerprint density at radius 3 is 2.50 bits per heavy atom. The maximum Gasteiger partial charge on any atom is 0.262 e. The number of ether oxygens (including phenoxy) is 2. The van der Waals surface area contributed by atoms with Crippen LogP contribution < -0.4 is 14.8 Å². The predicted octanol–water partition coefficient (Wildman–Crippen LogP) is 4.15. The minimum absolute atomic E-state index is 0.106. The monoisotopic (exact) mass is 429 g/mol. The molecule has 0 saturated carbocycles. The van der Waals surface area contributed by atoms with Crippen LogP contribution in [0.4, 0.5) is 0 Å². The molecule has 0 aliphatic carbocycles. The molecule has 1 N–H and O–H groups in total. The Kier molecular flexibility index (Phi) is 6.77. The van der Waals surface area contributed by atoms with Crippen LogP contribution in [0, 0.1) is 0 Å². The van der Waals surface area contributed by atoms with Crippen LogP contribution in [0.1, 0.15) is 5.56 Å². The van der Waals surface area contributed by atoms with Crippen LogP contribution in [0.3, 0.4) is 0 Å². The van der Waals surface area contributed by atoms with Gasteiger partial charge in [0.2, 0.25) is 5.82 Å². The van der Waals surface area contributed by atoms with Crippen molar-refractivity contribution in [3.63, 3.8) is 0 Å². The number of nitrogens with one attached hydrogen (secondary N) is 1. The van der Waals surface area contributed by atoms with Crippen molar-refractivity contribution in [3.8, 4) is 34.3 Å².